The Morgan fingerprint density at radius 2 is 2.19 bits per heavy atom. The molecular weight excluding hydrogens is 262 g/mol. The highest BCUT2D eigenvalue weighted by Crippen LogP contribution is 2.27. The molecule has 2 aliphatic heterocycles. The van der Waals surface area contributed by atoms with E-state index < -0.39 is 0 Å². The maximum atomic E-state index is 5.94. The summed E-state index contributed by atoms with van der Waals surface area (Å²) in [6.45, 7) is 10.9. The Labute approximate surface area is 128 Å². The molecule has 118 valence electrons. The van der Waals surface area contributed by atoms with E-state index in [-0.39, 0.29) is 5.41 Å². The highest BCUT2D eigenvalue weighted by molar-refractivity contribution is 5.06. The van der Waals surface area contributed by atoms with Crippen LogP contribution >= 0.6 is 0 Å². The molecule has 4 heteroatoms. The first-order chi connectivity index (χ1) is 10.0. The molecule has 0 saturated carbocycles. The maximum absolute atomic E-state index is 5.94. The van der Waals surface area contributed by atoms with Crippen molar-refractivity contribution in [2.24, 2.45) is 5.92 Å². The van der Waals surface area contributed by atoms with Gasteiger partial charge in [0.2, 0.25) is 5.89 Å². The average Bonchev–Trinajstić information content (AvgIpc) is 3.09. The number of aromatic nitrogens is 1. The van der Waals surface area contributed by atoms with Gasteiger partial charge < -0.3 is 9.73 Å². The van der Waals surface area contributed by atoms with Crippen LogP contribution in [0.3, 0.4) is 0 Å². The SMILES string of the molecule is CC(C)(C)c1cnc(CN2CCCC(C3CCCN3)C2)o1. The van der Waals surface area contributed by atoms with Crippen LogP contribution in [-0.4, -0.2) is 35.6 Å². The highest BCUT2D eigenvalue weighted by atomic mass is 16.4. The molecule has 0 aliphatic carbocycles. The molecule has 2 aliphatic rings. The van der Waals surface area contributed by atoms with E-state index in [0.29, 0.717) is 0 Å². The van der Waals surface area contributed by atoms with Gasteiger partial charge in [-0.15, -0.1) is 0 Å². The molecule has 21 heavy (non-hydrogen) atoms. The lowest BCUT2D eigenvalue weighted by Gasteiger charge is -2.35. The Hall–Kier alpha value is -0.870. The summed E-state index contributed by atoms with van der Waals surface area (Å²) in [5.41, 5.74) is 0.0451. The second kappa shape index (κ2) is 6.09. The van der Waals surface area contributed by atoms with Gasteiger partial charge in [-0.2, -0.15) is 0 Å². The third kappa shape index (κ3) is 3.67. The van der Waals surface area contributed by atoms with E-state index >= 15 is 0 Å². The summed E-state index contributed by atoms with van der Waals surface area (Å²) in [7, 11) is 0. The minimum Gasteiger partial charge on any atom is -0.444 e. The quantitative estimate of drug-likeness (QED) is 0.929. The molecule has 0 radical (unpaired) electrons. The number of rotatable bonds is 3. The van der Waals surface area contributed by atoms with Gasteiger partial charge in [-0.3, -0.25) is 4.90 Å². The molecule has 3 rings (SSSR count). The molecular formula is C17H29N3O. The van der Waals surface area contributed by atoms with Crippen LogP contribution in [0.15, 0.2) is 10.6 Å². The zero-order valence-electron chi connectivity index (χ0n) is 13.7. The summed E-state index contributed by atoms with van der Waals surface area (Å²) in [4.78, 5) is 7.00. The monoisotopic (exact) mass is 291 g/mol. The van der Waals surface area contributed by atoms with Crippen LogP contribution in [0.1, 0.15) is 58.1 Å². The van der Waals surface area contributed by atoms with Gasteiger partial charge in [0.1, 0.15) is 5.76 Å². The molecule has 1 aromatic heterocycles. The van der Waals surface area contributed by atoms with Gasteiger partial charge in [-0.05, 0) is 44.7 Å². The number of nitrogens with zero attached hydrogens (tertiary/aromatic N) is 2. The molecule has 2 saturated heterocycles. The minimum absolute atomic E-state index is 0.0451. The fraction of sp³-hybridized carbons (Fsp3) is 0.824. The first-order valence-corrected chi connectivity index (χ1v) is 8.43. The van der Waals surface area contributed by atoms with Crippen LogP contribution < -0.4 is 5.32 Å². The van der Waals surface area contributed by atoms with Crippen LogP contribution in [0, 0.1) is 5.92 Å². The Balaban J connectivity index is 1.58. The van der Waals surface area contributed by atoms with Gasteiger partial charge in [-0.1, -0.05) is 20.8 Å². The van der Waals surface area contributed by atoms with Crippen molar-refractivity contribution in [2.45, 2.75) is 64.5 Å². The van der Waals surface area contributed by atoms with Crippen LogP contribution in [0.4, 0.5) is 0 Å². The summed E-state index contributed by atoms with van der Waals surface area (Å²) >= 11 is 0. The smallest absolute Gasteiger partial charge is 0.208 e. The van der Waals surface area contributed by atoms with Crippen LogP contribution in [0.25, 0.3) is 0 Å². The van der Waals surface area contributed by atoms with Crippen LogP contribution in [-0.2, 0) is 12.0 Å². The summed E-state index contributed by atoms with van der Waals surface area (Å²) in [6, 6.07) is 0.738. The fourth-order valence-electron chi connectivity index (χ4n) is 3.60. The Morgan fingerprint density at radius 1 is 1.33 bits per heavy atom. The van der Waals surface area contributed by atoms with Crippen molar-refractivity contribution in [1.82, 2.24) is 15.2 Å². The largest absolute Gasteiger partial charge is 0.444 e. The lowest BCUT2D eigenvalue weighted by Crippen LogP contribution is -2.43. The zero-order chi connectivity index (χ0) is 14.9. The molecule has 0 aromatic carbocycles. The molecule has 2 unspecified atom stereocenters. The number of likely N-dealkylation sites (tertiary alicyclic amines) is 1. The summed E-state index contributed by atoms with van der Waals surface area (Å²) in [5.74, 6) is 2.67. The third-order valence-electron chi connectivity index (χ3n) is 4.86. The molecule has 0 amide bonds. The Bertz CT molecular complexity index is 457. The number of oxazole rings is 1. The summed E-state index contributed by atoms with van der Waals surface area (Å²) in [6.07, 6.45) is 7.26. The number of nitrogens with one attached hydrogen (secondary N) is 1. The average molecular weight is 291 g/mol. The minimum atomic E-state index is 0.0451. The second-order valence-corrected chi connectivity index (χ2v) is 7.71. The highest BCUT2D eigenvalue weighted by Gasteiger charge is 2.29. The van der Waals surface area contributed by atoms with Gasteiger partial charge in [-0.25, -0.2) is 4.98 Å². The van der Waals surface area contributed by atoms with E-state index in [1.165, 1.54) is 45.3 Å². The van der Waals surface area contributed by atoms with Crippen molar-refractivity contribution in [3.05, 3.63) is 17.8 Å². The summed E-state index contributed by atoms with van der Waals surface area (Å²) in [5, 5.41) is 3.67. The first-order valence-electron chi connectivity index (χ1n) is 8.43. The molecule has 0 bridgehead atoms. The van der Waals surface area contributed by atoms with Gasteiger partial charge >= 0.3 is 0 Å². The van der Waals surface area contributed by atoms with Crippen LogP contribution in [0.2, 0.25) is 0 Å². The first kappa shape index (κ1) is 15.0. The van der Waals surface area contributed by atoms with Crippen LogP contribution in [0.5, 0.6) is 0 Å². The predicted molar refractivity (Wildman–Crippen MR) is 84.2 cm³/mol. The standard InChI is InChI=1S/C17H29N3O/c1-17(2,3)15-10-19-16(21-15)12-20-9-5-6-13(11-20)14-7-4-8-18-14/h10,13-14,18H,4-9,11-12H2,1-3H3. The number of hydrogen-bond donors (Lipinski definition) is 1. The fourth-order valence-corrected chi connectivity index (χ4v) is 3.60. The van der Waals surface area contributed by atoms with Gasteiger partial charge in [0.05, 0.1) is 12.7 Å². The molecule has 4 nitrogen and oxygen atoms in total. The lowest BCUT2D eigenvalue weighted by atomic mass is 9.90. The number of hydrogen-bond acceptors (Lipinski definition) is 4. The predicted octanol–water partition coefficient (Wildman–Crippen LogP) is 2.94. The van der Waals surface area contributed by atoms with E-state index in [9.17, 15) is 0 Å². The van der Waals surface area contributed by atoms with E-state index in [1.54, 1.807) is 0 Å². The van der Waals surface area contributed by atoms with Crippen molar-refractivity contribution in [3.63, 3.8) is 0 Å². The van der Waals surface area contributed by atoms with Crippen molar-refractivity contribution in [3.8, 4) is 0 Å². The van der Waals surface area contributed by atoms with E-state index in [1.807, 2.05) is 6.20 Å². The van der Waals surface area contributed by atoms with Crippen molar-refractivity contribution >= 4 is 0 Å². The van der Waals surface area contributed by atoms with Crippen molar-refractivity contribution < 1.29 is 4.42 Å². The Kier molecular flexibility index (Phi) is 4.36. The van der Waals surface area contributed by atoms with Gasteiger partial charge in [0, 0.05) is 18.0 Å². The van der Waals surface area contributed by atoms with Gasteiger partial charge in [0.25, 0.3) is 0 Å². The van der Waals surface area contributed by atoms with Crippen molar-refractivity contribution in [1.29, 1.82) is 0 Å². The van der Waals surface area contributed by atoms with Gasteiger partial charge in [0.15, 0.2) is 0 Å². The maximum Gasteiger partial charge on any atom is 0.208 e. The molecule has 3 heterocycles. The topological polar surface area (TPSA) is 41.3 Å². The van der Waals surface area contributed by atoms with Crippen molar-refractivity contribution in [2.75, 3.05) is 19.6 Å². The molecule has 2 atom stereocenters. The number of piperidine rings is 1. The molecule has 2 fully saturated rings. The van der Waals surface area contributed by atoms with E-state index in [0.717, 1.165) is 30.2 Å². The molecule has 1 N–H and O–H groups in total. The Morgan fingerprint density at radius 3 is 2.86 bits per heavy atom. The van der Waals surface area contributed by atoms with E-state index in [2.05, 4.69) is 36.0 Å². The zero-order valence-corrected chi connectivity index (χ0v) is 13.7. The second-order valence-electron chi connectivity index (χ2n) is 7.71. The molecule has 0 spiro atoms. The lowest BCUT2D eigenvalue weighted by molar-refractivity contribution is 0.133. The third-order valence-corrected chi connectivity index (χ3v) is 4.86. The van der Waals surface area contributed by atoms with E-state index in [4.69, 9.17) is 4.42 Å². The molecule has 1 aromatic rings. The summed E-state index contributed by atoms with van der Waals surface area (Å²) < 4.78 is 5.94. The normalized spacial score (nSPS) is 28.1.